The third kappa shape index (κ3) is 4.79. The highest BCUT2D eigenvalue weighted by atomic mass is 16.3. The summed E-state index contributed by atoms with van der Waals surface area (Å²) in [6.07, 6.45) is 8.41. The van der Waals surface area contributed by atoms with E-state index in [9.17, 15) is 5.11 Å². The maximum absolute atomic E-state index is 10.3. The van der Waals surface area contributed by atoms with E-state index in [4.69, 9.17) is 11.5 Å². The predicted octanol–water partition coefficient (Wildman–Crippen LogP) is 3.55. The highest BCUT2D eigenvalue weighted by molar-refractivity contribution is 5.74. The Morgan fingerprint density at radius 3 is 2.43 bits per heavy atom. The van der Waals surface area contributed by atoms with Crippen LogP contribution in [0.1, 0.15) is 44.2 Å². The summed E-state index contributed by atoms with van der Waals surface area (Å²) >= 11 is 0. The molecule has 8 nitrogen and oxygen atoms in total. The number of para-hydroxylation sites is 1. The first-order chi connectivity index (χ1) is 18.0. The van der Waals surface area contributed by atoms with Crippen molar-refractivity contribution in [2.24, 2.45) is 11.7 Å². The van der Waals surface area contributed by atoms with Crippen LogP contribution >= 0.6 is 0 Å². The number of fused-ring (bicyclic) bond motifs is 2. The molecular formula is C29H33N7O. The van der Waals surface area contributed by atoms with Crippen molar-refractivity contribution in [1.29, 1.82) is 0 Å². The van der Waals surface area contributed by atoms with Gasteiger partial charge in [0.2, 0.25) is 0 Å². The van der Waals surface area contributed by atoms with E-state index in [1.807, 2.05) is 24.4 Å². The lowest BCUT2D eigenvalue weighted by atomic mass is 9.87. The van der Waals surface area contributed by atoms with Crippen molar-refractivity contribution in [2.75, 3.05) is 28.6 Å². The van der Waals surface area contributed by atoms with Crippen molar-refractivity contribution in [3.05, 3.63) is 54.4 Å². The molecule has 1 saturated carbocycles. The maximum Gasteiger partial charge on any atom is 0.169 e. The summed E-state index contributed by atoms with van der Waals surface area (Å²) in [4.78, 5) is 9.40. The van der Waals surface area contributed by atoms with E-state index in [1.165, 1.54) is 5.69 Å². The number of phenols is 1. The third-order valence-electron chi connectivity index (χ3n) is 8.02. The number of aromatic nitrogens is 3. The van der Waals surface area contributed by atoms with Crippen molar-refractivity contribution < 1.29 is 5.11 Å². The number of nitrogens with zero attached hydrogens (tertiary/aromatic N) is 5. The van der Waals surface area contributed by atoms with E-state index in [1.54, 1.807) is 12.1 Å². The largest absolute Gasteiger partial charge is 0.507 e. The van der Waals surface area contributed by atoms with Gasteiger partial charge in [0.1, 0.15) is 11.4 Å². The number of anilines is 3. The minimum Gasteiger partial charge on any atom is -0.507 e. The number of hydrogen-bond acceptors (Lipinski definition) is 8. The van der Waals surface area contributed by atoms with Crippen molar-refractivity contribution >= 4 is 17.2 Å². The Hall–Kier alpha value is -3.83. The highest BCUT2D eigenvalue weighted by Gasteiger charge is 2.40. The molecule has 3 aromatic rings. The molecule has 2 aliphatic heterocycles. The van der Waals surface area contributed by atoms with Crippen LogP contribution in [0.25, 0.3) is 11.3 Å². The lowest BCUT2D eigenvalue weighted by molar-refractivity contribution is 0.384. The Balaban J connectivity index is 1.20. The molecule has 37 heavy (non-hydrogen) atoms. The fraction of sp³-hybridized carbons (Fsp3) is 0.414. The number of nitrogens with two attached hydrogens (primary N) is 2. The molecule has 5 N–H and O–H groups in total. The predicted molar refractivity (Wildman–Crippen MR) is 146 cm³/mol. The summed E-state index contributed by atoms with van der Waals surface area (Å²) < 4.78 is 0. The minimum absolute atomic E-state index is 0.182. The van der Waals surface area contributed by atoms with Gasteiger partial charge in [0.15, 0.2) is 5.82 Å². The number of phenolic OH excluding ortho intramolecular Hbond substituents is 1. The second-order valence-electron chi connectivity index (χ2n) is 10.5. The topological polar surface area (TPSA) is 117 Å². The number of pyridine rings is 1. The quantitative estimate of drug-likeness (QED) is 0.472. The zero-order valence-corrected chi connectivity index (χ0v) is 20.9. The summed E-state index contributed by atoms with van der Waals surface area (Å²) in [6, 6.07) is 14.4. The first-order valence-electron chi connectivity index (χ1n) is 13.2. The smallest absolute Gasteiger partial charge is 0.169 e. The van der Waals surface area contributed by atoms with Crippen LogP contribution in [0.4, 0.5) is 17.2 Å². The molecule has 1 aliphatic carbocycles. The number of piperazine rings is 1. The van der Waals surface area contributed by atoms with E-state index < -0.39 is 0 Å². The van der Waals surface area contributed by atoms with Crippen LogP contribution in [0.3, 0.4) is 0 Å². The molecular weight excluding hydrogens is 462 g/mol. The van der Waals surface area contributed by atoms with Gasteiger partial charge in [-0.3, -0.25) is 0 Å². The number of nitrogen functional groups attached to an aromatic ring is 1. The highest BCUT2D eigenvalue weighted by Crippen LogP contribution is 2.39. The third-order valence-corrected chi connectivity index (χ3v) is 8.02. The minimum atomic E-state index is 0.182. The van der Waals surface area contributed by atoms with Crippen LogP contribution in [0.5, 0.6) is 5.75 Å². The summed E-state index contributed by atoms with van der Waals surface area (Å²) in [6.45, 7) is 1.69. The average Bonchev–Trinajstić information content (AvgIpc) is 3.18. The van der Waals surface area contributed by atoms with E-state index in [0.717, 1.165) is 63.0 Å². The molecule has 3 fully saturated rings. The van der Waals surface area contributed by atoms with Gasteiger partial charge in [-0.25, -0.2) is 4.98 Å². The first kappa shape index (κ1) is 23.6. The van der Waals surface area contributed by atoms with Gasteiger partial charge in [-0.2, -0.15) is 0 Å². The second kappa shape index (κ2) is 9.91. The van der Waals surface area contributed by atoms with Gasteiger partial charge in [-0.05, 0) is 74.8 Å². The summed E-state index contributed by atoms with van der Waals surface area (Å²) in [7, 11) is 0. The molecule has 2 bridgehead atoms. The molecule has 0 amide bonds. The maximum atomic E-state index is 10.3. The fourth-order valence-corrected chi connectivity index (χ4v) is 6.08. The molecule has 8 heteroatoms. The Bertz CT molecular complexity index is 1330. The van der Waals surface area contributed by atoms with Crippen LogP contribution in [0, 0.1) is 17.8 Å². The first-order valence-corrected chi connectivity index (χ1v) is 13.2. The Labute approximate surface area is 217 Å². The van der Waals surface area contributed by atoms with E-state index in [0.29, 0.717) is 41.1 Å². The van der Waals surface area contributed by atoms with E-state index >= 15 is 0 Å². The van der Waals surface area contributed by atoms with E-state index in [2.05, 4.69) is 49.0 Å². The normalized spacial score (nSPS) is 25.0. The molecule has 2 atom stereocenters. The summed E-state index contributed by atoms with van der Waals surface area (Å²) in [5, 5.41) is 18.8. The summed E-state index contributed by atoms with van der Waals surface area (Å²) in [5.74, 6) is 7.80. The Kier molecular flexibility index (Phi) is 6.31. The van der Waals surface area contributed by atoms with E-state index in [-0.39, 0.29) is 5.75 Å². The zero-order chi connectivity index (χ0) is 25.4. The standard InChI is InChI=1S/C29H33N7O/c30-20-8-5-19(6-9-20)7-10-21-15-22(13-14-32-21)36-23-11-12-24(36)18-35(17-23)27-16-26(33-34-29(27)31)25-3-1-2-4-28(25)37/h1-4,13-16,19-20,23-24,37H,5-6,8-9,11-12,17-18,30H2,(H2,31,34)/t19-,20-,23?,24?. The SMILES string of the molecule is Nc1nnc(-c2ccccc2O)cc1N1CC2CCC(C1)N2c1ccnc(C#C[C@H]2CC[C@H](N)CC2)c1. The molecule has 0 spiro atoms. The van der Waals surface area contributed by atoms with Crippen molar-refractivity contribution in [3.63, 3.8) is 0 Å². The molecule has 2 aromatic heterocycles. The molecule has 0 radical (unpaired) electrons. The molecule has 6 rings (SSSR count). The summed E-state index contributed by atoms with van der Waals surface area (Å²) in [5.41, 5.74) is 16.5. The van der Waals surface area contributed by atoms with Crippen LogP contribution in [-0.2, 0) is 0 Å². The van der Waals surface area contributed by atoms with Gasteiger partial charge in [0, 0.05) is 54.6 Å². The zero-order valence-electron chi connectivity index (χ0n) is 20.9. The Morgan fingerprint density at radius 2 is 1.68 bits per heavy atom. The number of aromatic hydroxyl groups is 1. The molecule has 3 aliphatic rings. The van der Waals surface area contributed by atoms with Crippen molar-refractivity contribution in [2.45, 2.75) is 56.7 Å². The van der Waals surface area contributed by atoms with Crippen LogP contribution in [0.15, 0.2) is 48.7 Å². The molecule has 1 aromatic carbocycles. The van der Waals surface area contributed by atoms with Crippen LogP contribution < -0.4 is 21.3 Å². The van der Waals surface area contributed by atoms with Gasteiger partial charge in [-0.15, -0.1) is 10.2 Å². The number of hydrogen-bond donors (Lipinski definition) is 3. The van der Waals surface area contributed by atoms with Crippen LogP contribution in [0.2, 0.25) is 0 Å². The van der Waals surface area contributed by atoms with Gasteiger partial charge in [-0.1, -0.05) is 18.1 Å². The van der Waals surface area contributed by atoms with Crippen molar-refractivity contribution in [3.8, 4) is 28.8 Å². The lowest BCUT2D eigenvalue weighted by Gasteiger charge is -2.43. The molecule has 190 valence electrons. The molecule has 4 heterocycles. The van der Waals surface area contributed by atoms with Crippen LogP contribution in [-0.4, -0.2) is 51.5 Å². The molecule has 2 saturated heterocycles. The fourth-order valence-electron chi connectivity index (χ4n) is 6.08. The monoisotopic (exact) mass is 495 g/mol. The Morgan fingerprint density at radius 1 is 0.919 bits per heavy atom. The van der Waals surface area contributed by atoms with Gasteiger partial charge < -0.3 is 26.4 Å². The molecule has 2 unspecified atom stereocenters. The van der Waals surface area contributed by atoms with Gasteiger partial charge in [0.05, 0.1) is 11.4 Å². The second-order valence-corrected chi connectivity index (χ2v) is 10.5. The van der Waals surface area contributed by atoms with Gasteiger partial charge >= 0.3 is 0 Å². The average molecular weight is 496 g/mol. The lowest BCUT2D eigenvalue weighted by Crippen LogP contribution is -2.54. The van der Waals surface area contributed by atoms with Gasteiger partial charge in [0.25, 0.3) is 0 Å². The number of rotatable bonds is 3. The number of benzene rings is 1. The van der Waals surface area contributed by atoms with Crippen molar-refractivity contribution in [1.82, 2.24) is 15.2 Å².